The van der Waals surface area contributed by atoms with Gasteiger partial charge in [-0.05, 0) is 30.7 Å². The van der Waals surface area contributed by atoms with Gasteiger partial charge in [0.2, 0.25) is 0 Å². The monoisotopic (exact) mass is 443 g/mol. The van der Waals surface area contributed by atoms with Crippen LogP contribution in [0.3, 0.4) is 0 Å². The lowest BCUT2D eigenvalue weighted by Crippen LogP contribution is -2.70. The first-order chi connectivity index (χ1) is 15.9. The molecule has 3 aromatic rings. The van der Waals surface area contributed by atoms with Gasteiger partial charge in [-0.15, -0.1) is 0 Å². The number of carboxylic acid groups (broad SMARTS) is 1. The van der Waals surface area contributed by atoms with Crippen LogP contribution >= 0.6 is 0 Å². The van der Waals surface area contributed by atoms with Crippen molar-refractivity contribution in [3.63, 3.8) is 0 Å². The van der Waals surface area contributed by atoms with E-state index in [1.807, 2.05) is 43.3 Å². The molecule has 2 aromatic carbocycles. The number of rotatable bonds is 2. The molecule has 9 nitrogen and oxygen atoms in total. The quantitative estimate of drug-likeness (QED) is 0.520. The van der Waals surface area contributed by atoms with E-state index >= 15 is 0 Å². The molecule has 3 N–H and O–H groups in total. The predicted molar refractivity (Wildman–Crippen MR) is 120 cm³/mol. The molecule has 1 spiro atoms. The Morgan fingerprint density at radius 2 is 1.88 bits per heavy atom. The highest BCUT2D eigenvalue weighted by Gasteiger charge is 2.49. The molecule has 3 heterocycles. The summed E-state index contributed by atoms with van der Waals surface area (Å²) in [6, 6.07) is 17.1. The molecule has 0 atom stereocenters. The van der Waals surface area contributed by atoms with Gasteiger partial charge < -0.3 is 20.6 Å². The van der Waals surface area contributed by atoms with Crippen LogP contribution in [0.2, 0.25) is 0 Å². The lowest BCUT2D eigenvalue weighted by atomic mass is 9.90. The molecule has 0 saturated carbocycles. The van der Waals surface area contributed by atoms with E-state index in [9.17, 15) is 14.9 Å². The zero-order valence-corrected chi connectivity index (χ0v) is 17.8. The average Bonchev–Trinajstić information content (AvgIpc) is 3.20. The highest BCUT2D eigenvalue weighted by atomic mass is 16.3. The molecule has 2 aliphatic rings. The third-order valence-corrected chi connectivity index (χ3v) is 5.91. The summed E-state index contributed by atoms with van der Waals surface area (Å²) in [7, 11) is 0. The van der Waals surface area contributed by atoms with E-state index in [4.69, 9.17) is 14.9 Å². The Morgan fingerprint density at radius 1 is 1.21 bits per heavy atom. The first-order valence-electron chi connectivity index (χ1n) is 10.2. The fourth-order valence-corrected chi connectivity index (χ4v) is 4.27. The van der Waals surface area contributed by atoms with E-state index in [1.54, 1.807) is 17.0 Å². The van der Waals surface area contributed by atoms with Gasteiger partial charge in [0.25, 0.3) is 12.4 Å². The van der Waals surface area contributed by atoms with Gasteiger partial charge >= 0.3 is 6.03 Å². The van der Waals surface area contributed by atoms with E-state index in [-0.39, 0.29) is 23.9 Å². The number of benzene rings is 2. The highest BCUT2D eigenvalue weighted by Crippen LogP contribution is 2.30. The summed E-state index contributed by atoms with van der Waals surface area (Å²) in [4.78, 5) is 38.9. The second-order valence-electron chi connectivity index (χ2n) is 8.02. The van der Waals surface area contributed by atoms with Gasteiger partial charge in [-0.25, -0.2) is 9.78 Å². The van der Waals surface area contributed by atoms with Crippen molar-refractivity contribution in [1.29, 1.82) is 5.26 Å². The minimum absolute atomic E-state index is 0.0727. The van der Waals surface area contributed by atoms with E-state index in [0.29, 0.717) is 36.5 Å². The van der Waals surface area contributed by atoms with Crippen LogP contribution in [-0.2, 0) is 4.79 Å². The predicted octanol–water partition coefficient (Wildman–Crippen LogP) is 2.29. The normalized spacial score (nSPS) is 15.5. The van der Waals surface area contributed by atoms with Crippen LogP contribution in [0.5, 0.6) is 0 Å². The number of carbonyl (C=O) groups excluding carboxylic acids is 2. The number of aromatic nitrogens is 1. The van der Waals surface area contributed by atoms with Crippen molar-refractivity contribution in [2.75, 3.05) is 19.6 Å². The molecule has 2 saturated heterocycles. The third kappa shape index (κ3) is 3.94. The molecule has 1 aromatic heterocycles. The second-order valence-corrected chi connectivity index (χ2v) is 8.02. The Bertz CT molecular complexity index is 1290. The molecular weight excluding hydrogens is 422 g/mol. The van der Waals surface area contributed by atoms with Gasteiger partial charge in [-0.1, -0.05) is 30.3 Å². The summed E-state index contributed by atoms with van der Waals surface area (Å²) in [5.74, 6) is -0.0727. The van der Waals surface area contributed by atoms with E-state index < -0.39 is 0 Å². The van der Waals surface area contributed by atoms with Crippen molar-refractivity contribution in [3.05, 3.63) is 65.2 Å². The molecule has 0 bridgehead atoms. The second kappa shape index (κ2) is 8.59. The Balaban J connectivity index is 0.000000821. The summed E-state index contributed by atoms with van der Waals surface area (Å²) in [6.07, 6.45) is 0. The number of urea groups is 1. The average molecular weight is 443 g/mol. The molecule has 5 rings (SSSR count). The van der Waals surface area contributed by atoms with E-state index in [2.05, 4.69) is 16.7 Å². The van der Waals surface area contributed by atoms with Crippen LogP contribution in [0.4, 0.5) is 4.79 Å². The summed E-state index contributed by atoms with van der Waals surface area (Å²) in [5.41, 5.74) is 3.93. The van der Waals surface area contributed by atoms with Crippen LogP contribution in [0, 0.1) is 18.3 Å². The largest absolute Gasteiger partial charge is 0.483 e. The molecule has 166 valence electrons. The van der Waals surface area contributed by atoms with Crippen molar-refractivity contribution in [1.82, 2.24) is 20.5 Å². The number of likely N-dealkylation sites (tertiary alicyclic amines) is 1. The van der Waals surface area contributed by atoms with Gasteiger partial charge in [-0.3, -0.25) is 9.59 Å². The standard InChI is InChI=1S/C23H19N5O2.CH2O2/c1-14-17-4-2-3-5-19(17)26-20(18(14)10-24)15-6-8-16(9-7-15)21(29)28-12-23(13-28)11-25-22(30)27-23;2-1-3/h2-9H,11-13H2,1H3,(H2,25,27,30);1H,(H,2,3). The topological polar surface area (TPSA) is 135 Å². The number of para-hydroxylation sites is 1. The van der Waals surface area contributed by atoms with Crippen molar-refractivity contribution in [3.8, 4) is 17.3 Å². The van der Waals surface area contributed by atoms with Crippen molar-refractivity contribution in [2.45, 2.75) is 12.5 Å². The molecule has 0 radical (unpaired) electrons. The Kier molecular flexibility index (Phi) is 5.67. The number of amides is 3. The number of hydrogen-bond acceptors (Lipinski definition) is 5. The molecule has 0 unspecified atom stereocenters. The number of fused-ring (bicyclic) bond motifs is 1. The minimum atomic E-state index is -0.332. The van der Waals surface area contributed by atoms with E-state index in [0.717, 1.165) is 22.0 Å². The van der Waals surface area contributed by atoms with Gasteiger partial charge in [0.05, 0.1) is 22.3 Å². The molecule has 2 fully saturated rings. The van der Waals surface area contributed by atoms with Crippen LogP contribution in [0.25, 0.3) is 22.2 Å². The third-order valence-electron chi connectivity index (χ3n) is 5.91. The zero-order chi connectivity index (χ0) is 23.6. The van der Waals surface area contributed by atoms with Gasteiger partial charge in [0, 0.05) is 36.1 Å². The van der Waals surface area contributed by atoms with Crippen LogP contribution in [0.1, 0.15) is 21.5 Å². The molecular formula is C24H21N5O4. The van der Waals surface area contributed by atoms with Crippen LogP contribution in [-0.4, -0.2) is 58.6 Å². The molecule has 3 amide bonds. The fourth-order valence-electron chi connectivity index (χ4n) is 4.27. The number of aryl methyl sites for hydroxylation is 1. The highest BCUT2D eigenvalue weighted by molar-refractivity contribution is 5.96. The van der Waals surface area contributed by atoms with Gasteiger partial charge in [-0.2, -0.15) is 5.26 Å². The molecule has 33 heavy (non-hydrogen) atoms. The smallest absolute Gasteiger partial charge is 0.315 e. The Labute approximate surface area is 189 Å². The van der Waals surface area contributed by atoms with E-state index in [1.165, 1.54) is 0 Å². The molecule has 0 aliphatic carbocycles. The minimum Gasteiger partial charge on any atom is -0.483 e. The number of hydrogen-bond donors (Lipinski definition) is 3. The molecule has 9 heteroatoms. The van der Waals surface area contributed by atoms with Crippen molar-refractivity contribution < 1.29 is 19.5 Å². The maximum absolute atomic E-state index is 12.8. The molecule has 2 aliphatic heterocycles. The maximum Gasteiger partial charge on any atom is 0.315 e. The maximum atomic E-state index is 12.8. The number of nitrogens with one attached hydrogen (secondary N) is 2. The number of nitriles is 1. The number of carbonyl (C=O) groups is 3. The summed E-state index contributed by atoms with van der Waals surface area (Å²) < 4.78 is 0. The Hall–Kier alpha value is -4.45. The van der Waals surface area contributed by atoms with Crippen LogP contribution in [0.15, 0.2) is 48.5 Å². The van der Waals surface area contributed by atoms with Gasteiger partial charge in [0.15, 0.2) is 0 Å². The SMILES string of the molecule is Cc1c(C#N)c(-c2ccc(C(=O)N3CC4(CNC(=O)N4)C3)cc2)nc2ccccc12.O=CO. The van der Waals surface area contributed by atoms with Crippen LogP contribution < -0.4 is 10.6 Å². The first-order valence-corrected chi connectivity index (χ1v) is 10.2. The summed E-state index contributed by atoms with van der Waals surface area (Å²) >= 11 is 0. The lowest BCUT2D eigenvalue weighted by molar-refractivity contribution is -0.122. The van der Waals surface area contributed by atoms with Gasteiger partial charge in [0.1, 0.15) is 6.07 Å². The zero-order valence-electron chi connectivity index (χ0n) is 17.8. The first kappa shape index (κ1) is 21.8. The lowest BCUT2D eigenvalue weighted by Gasteiger charge is -2.46. The summed E-state index contributed by atoms with van der Waals surface area (Å²) in [6.45, 7) is 3.21. The van der Waals surface area contributed by atoms with Crippen molar-refractivity contribution in [2.24, 2.45) is 0 Å². The Morgan fingerprint density at radius 3 is 2.48 bits per heavy atom. The van der Waals surface area contributed by atoms with Crippen molar-refractivity contribution >= 4 is 29.3 Å². The number of pyridine rings is 1. The number of nitrogens with zero attached hydrogens (tertiary/aromatic N) is 3. The fraction of sp³-hybridized carbons (Fsp3) is 0.208. The summed E-state index contributed by atoms with van der Waals surface area (Å²) in [5, 5.41) is 23.2.